The maximum Gasteiger partial charge on any atom is 0.333 e. The van der Waals surface area contributed by atoms with Crippen LogP contribution in [0.1, 0.15) is 66.2 Å². The fraction of sp³-hybridized carbons (Fsp3) is 0.760. The molecule has 0 aromatic heterocycles. The van der Waals surface area contributed by atoms with Crippen LogP contribution >= 0.6 is 0 Å². The molecule has 8 heteroatoms. The second-order valence-corrected chi connectivity index (χ2v) is 11.0. The Morgan fingerprint density at radius 2 is 1.82 bits per heavy atom. The lowest BCUT2D eigenvalue weighted by Crippen LogP contribution is -2.49. The summed E-state index contributed by atoms with van der Waals surface area (Å²) in [5, 5.41) is 0. The quantitative estimate of drug-likeness (QED) is 0.323. The van der Waals surface area contributed by atoms with Gasteiger partial charge in [0.25, 0.3) is 0 Å². The van der Waals surface area contributed by atoms with Crippen molar-refractivity contribution < 1.29 is 38.1 Å². The van der Waals surface area contributed by atoms with Crippen LogP contribution in [0.3, 0.4) is 0 Å². The van der Waals surface area contributed by atoms with Gasteiger partial charge in [0.15, 0.2) is 0 Å². The second kappa shape index (κ2) is 8.44. The van der Waals surface area contributed by atoms with Gasteiger partial charge in [-0.3, -0.25) is 14.4 Å². The van der Waals surface area contributed by atoms with E-state index in [9.17, 15) is 19.2 Å². The van der Waals surface area contributed by atoms with Crippen molar-refractivity contribution in [1.29, 1.82) is 0 Å². The van der Waals surface area contributed by atoms with E-state index in [1.54, 1.807) is 0 Å². The number of ether oxygens (including phenoxy) is 4. The zero-order valence-corrected chi connectivity index (χ0v) is 19.9. The molecule has 0 aromatic carbocycles. The van der Waals surface area contributed by atoms with Crippen LogP contribution in [0.2, 0.25) is 0 Å². The Bertz CT molecular complexity index is 862. The van der Waals surface area contributed by atoms with Crippen LogP contribution in [0.15, 0.2) is 12.2 Å². The van der Waals surface area contributed by atoms with Crippen molar-refractivity contribution in [2.45, 2.75) is 84.0 Å². The largest absolute Gasteiger partial charge is 0.462 e. The summed E-state index contributed by atoms with van der Waals surface area (Å²) < 4.78 is 22.4. The van der Waals surface area contributed by atoms with Crippen molar-refractivity contribution in [3.63, 3.8) is 0 Å². The van der Waals surface area contributed by atoms with Crippen molar-refractivity contribution in [3.8, 4) is 0 Å². The van der Waals surface area contributed by atoms with E-state index >= 15 is 0 Å². The van der Waals surface area contributed by atoms with Crippen molar-refractivity contribution in [2.75, 3.05) is 6.61 Å². The minimum Gasteiger partial charge on any atom is -0.462 e. The number of hydrogen-bond donors (Lipinski definition) is 0. The monoisotopic (exact) mass is 462 g/mol. The molecule has 4 fully saturated rings. The molecule has 4 rings (SSSR count). The first kappa shape index (κ1) is 23.8. The first-order valence-electron chi connectivity index (χ1n) is 11.9. The minimum absolute atomic E-state index is 0.126. The summed E-state index contributed by atoms with van der Waals surface area (Å²) in [5.41, 5.74) is -0.521. The van der Waals surface area contributed by atoms with Gasteiger partial charge in [0.1, 0.15) is 24.4 Å². The lowest BCUT2D eigenvalue weighted by atomic mass is 9.74. The molecule has 4 aliphatic rings. The van der Waals surface area contributed by atoms with Crippen LogP contribution in [-0.2, 0) is 38.1 Å². The van der Waals surface area contributed by atoms with Crippen molar-refractivity contribution in [3.05, 3.63) is 12.2 Å². The van der Waals surface area contributed by atoms with E-state index < -0.39 is 47.6 Å². The van der Waals surface area contributed by atoms with Gasteiger partial charge >= 0.3 is 23.9 Å². The SMILES string of the molecule is C=C(C)C(=O)OCCC(=O)OC1C2CC3C1OC(=O)C3C2C(=O)OC1(C(C)(C)C)CCCC1. The van der Waals surface area contributed by atoms with Gasteiger partial charge in [-0.15, -0.1) is 0 Å². The van der Waals surface area contributed by atoms with Crippen LogP contribution in [0.25, 0.3) is 0 Å². The summed E-state index contributed by atoms with van der Waals surface area (Å²) in [5.74, 6) is -3.57. The average Bonchev–Trinajstić information content (AvgIpc) is 3.45. The fourth-order valence-corrected chi connectivity index (χ4v) is 6.24. The fourth-order valence-electron chi connectivity index (χ4n) is 6.24. The molecule has 0 aromatic rings. The highest BCUT2D eigenvalue weighted by Crippen LogP contribution is 2.59. The summed E-state index contributed by atoms with van der Waals surface area (Å²) in [7, 11) is 0. The molecule has 33 heavy (non-hydrogen) atoms. The van der Waals surface area contributed by atoms with Gasteiger partial charge in [-0.1, -0.05) is 27.4 Å². The highest BCUT2D eigenvalue weighted by atomic mass is 16.6. The first-order chi connectivity index (χ1) is 15.4. The second-order valence-electron chi connectivity index (χ2n) is 11.0. The van der Waals surface area contributed by atoms with E-state index in [1.807, 2.05) is 0 Å². The Morgan fingerprint density at radius 1 is 1.15 bits per heavy atom. The summed E-state index contributed by atoms with van der Waals surface area (Å²) in [6.45, 7) is 11.1. The van der Waals surface area contributed by atoms with Crippen LogP contribution in [-0.4, -0.2) is 48.3 Å². The smallest absolute Gasteiger partial charge is 0.333 e. The third kappa shape index (κ3) is 4.06. The number of carbonyl (C=O) groups is 4. The number of hydrogen-bond acceptors (Lipinski definition) is 8. The van der Waals surface area contributed by atoms with Gasteiger partial charge in [-0.05, 0) is 39.0 Å². The van der Waals surface area contributed by atoms with Gasteiger partial charge in [-0.2, -0.15) is 0 Å². The molecule has 182 valence electrons. The highest BCUT2D eigenvalue weighted by Gasteiger charge is 2.70. The van der Waals surface area contributed by atoms with E-state index in [4.69, 9.17) is 18.9 Å². The van der Waals surface area contributed by atoms with E-state index in [0.29, 0.717) is 6.42 Å². The van der Waals surface area contributed by atoms with E-state index in [-0.39, 0.29) is 41.8 Å². The molecular formula is C25H34O8. The lowest BCUT2D eigenvalue weighted by molar-refractivity contribution is -0.185. The molecule has 2 bridgehead atoms. The molecule has 8 nitrogen and oxygen atoms in total. The molecular weight excluding hydrogens is 428 g/mol. The number of fused-ring (bicyclic) bond motifs is 1. The Balaban J connectivity index is 1.44. The van der Waals surface area contributed by atoms with Gasteiger partial charge < -0.3 is 18.9 Å². The van der Waals surface area contributed by atoms with E-state index in [1.165, 1.54) is 6.92 Å². The molecule has 0 spiro atoms. The van der Waals surface area contributed by atoms with Crippen molar-refractivity contribution in [1.82, 2.24) is 0 Å². The zero-order valence-electron chi connectivity index (χ0n) is 19.9. The topological polar surface area (TPSA) is 105 Å². The maximum atomic E-state index is 13.5. The molecule has 0 N–H and O–H groups in total. The van der Waals surface area contributed by atoms with Crippen LogP contribution in [0.4, 0.5) is 0 Å². The molecule has 0 radical (unpaired) electrons. The minimum atomic E-state index is -0.686. The molecule has 3 aliphatic carbocycles. The Morgan fingerprint density at radius 3 is 2.42 bits per heavy atom. The number of esters is 4. The van der Waals surface area contributed by atoms with Gasteiger partial charge in [0.05, 0.1) is 18.3 Å². The lowest BCUT2D eigenvalue weighted by Gasteiger charge is -2.42. The van der Waals surface area contributed by atoms with Gasteiger partial charge in [0.2, 0.25) is 0 Å². The zero-order chi connectivity index (χ0) is 24.1. The predicted molar refractivity (Wildman–Crippen MR) is 115 cm³/mol. The molecule has 1 saturated heterocycles. The normalized spacial score (nSPS) is 33.5. The molecule has 3 saturated carbocycles. The molecule has 6 atom stereocenters. The first-order valence-corrected chi connectivity index (χ1v) is 11.9. The Hall–Kier alpha value is -2.38. The van der Waals surface area contributed by atoms with Crippen molar-refractivity contribution in [2.24, 2.45) is 29.1 Å². The van der Waals surface area contributed by atoms with Crippen LogP contribution in [0.5, 0.6) is 0 Å². The average molecular weight is 463 g/mol. The maximum absolute atomic E-state index is 13.5. The standard InChI is InChI=1S/C25H34O8/c1-13(2)21(27)30-11-8-16(26)31-19-15-12-14-17(22(28)32-20(14)19)18(15)23(29)33-25(24(3,4)5)9-6-7-10-25/h14-15,17-20H,1,6-12H2,2-5H3. The van der Waals surface area contributed by atoms with Crippen LogP contribution in [0, 0.1) is 29.1 Å². The number of carbonyl (C=O) groups excluding carboxylic acids is 4. The Kier molecular flexibility index (Phi) is 6.08. The molecule has 1 heterocycles. The molecule has 6 unspecified atom stereocenters. The molecule has 0 amide bonds. The van der Waals surface area contributed by atoms with Crippen molar-refractivity contribution >= 4 is 23.9 Å². The summed E-state index contributed by atoms with van der Waals surface area (Å²) in [6.07, 6.45) is 2.88. The van der Waals surface area contributed by atoms with Crippen LogP contribution < -0.4 is 0 Å². The summed E-state index contributed by atoms with van der Waals surface area (Å²) >= 11 is 0. The highest BCUT2D eigenvalue weighted by molar-refractivity contribution is 5.87. The summed E-state index contributed by atoms with van der Waals surface area (Å²) in [6, 6.07) is 0. The Labute approximate surface area is 194 Å². The van der Waals surface area contributed by atoms with Gasteiger partial charge in [-0.25, -0.2) is 4.79 Å². The third-order valence-electron chi connectivity index (χ3n) is 8.05. The van der Waals surface area contributed by atoms with E-state index in [0.717, 1.165) is 25.7 Å². The molecule has 1 aliphatic heterocycles. The number of rotatable bonds is 7. The third-order valence-corrected chi connectivity index (χ3v) is 8.05. The summed E-state index contributed by atoms with van der Waals surface area (Å²) in [4.78, 5) is 50.0. The predicted octanol–water partition coefficient (Wildman–Crippen LogP) is 3.12. The van der Waals surface area contributed by atoms with Gasteiger partial charge in [0, 0.05) is 22.8 Å². The van der Waals surface area contributed by atoms with E-state index in [2.05, 4.69) is 27.4 Å².